The minimum atomic E-state index is -4.46. The third kappa shape index (κ3) is 3.56. The van der Waals surface area contributed by atoms with Crippen molar-refractivity contribution in [3.8, 4) is 0 Å². The summed E-state index contributed by atoms with van der Waals surface area (Å²) in [6.45, 7) is 3.07. The molecule has 21 heavy (non-hydrogen) atoms. The minimum Gasteiger partial charge on any atom is -0.321 e. The second-order valence-corrected chi connectivity index (χ2v) is 4.52. The molecule has 7 heteroatoms. The van der Waals surface area contributed by atoms with Crippen molar-refractivity contribution in [1.82, 2.24) is 9.97 Å². The van der Waals surface area contributed by atoms with E-state index in [-0.39, 0.29) is 16.9 Å². The zero-order valence-corrected chi connectivity index (χ0v) is 11.3. The normalized spacial score (nSPS) is 11.3. The highest BCUT2D eigenvalue weighted by molar-refractivity contribution is 6.02. The SMILES string of the molecule is Cc1cnc(C(=O)Nc2ccc(C)c(C(F)(F)F)c2)cn1. The van der Waals surface area contributed by atoms with E-state index in [0.717, 1.165) is 6.07 Å². The summed E-state index contributed by atoms with van der Waals surface area (Å²) in [6, 6.07) is 3.61. The molecule has 0 fully saturated rings. The predicted octanol–water partition coefficient (Wildman–Crippen LogP) is 3.36. The Labute approximate surface area is 119 Å². The number of amides is 1. The van der Waals surface area contributed by atoms with E-state index in [4.69, 9.17) is 0 Å². The Bertz CT molecular complexity index is 666. The molecule has 0 saturated heterocycles. The molecule has 1 amide bonds. The molecule has 0 radical (unpaired) electrons. The molecule has 0 spiro atoms. The van der Waals surface area contributed by atoms with Gasteiger partial charge < -0.3 is 5.32 Å². The van der Waals surface area contributed by atoms with Crippen molar-refractivity contribution in [2.45, 2.75) is 20.0 Å². The average Bonchev–Trinajstić information content (AvgIpc) is 2.40. The Morgan fingerprint density at radius 2 is 1.86 bits per heavy atom. The van der Waals surface area contributed by atoms with E-state index < -0.39 is 17.6 Å². The first-order valence-corrected chi connectivity index (χ1v) is 6.05. The number of benzene rings is 1. The lowest BCUT2D eigenvalue weighted by molar-refractivity contribution is -0.138. The minimum absolute atomic E-state index is 0.0368. The molecule has 1 heterocycles. The van der Waals surface area contributed by atoms with E-state index in [1.807, 2.05) is 0 Å². The van der Waals surface area contributed by atoms with Crippen molar-refractivity contribution < 1.29 is 18.0 Å². The second kappa shape index (κ2) is 5.51. The number of aryl methyl sites for hydroxylation is 2. The summed E-state index contributed by atoms with van der Waals surface area (Å²) in [6.07, 6.45) is -1.79. The fourth-order valence-corrected chi connectivity index (χ4v) is 1.71. The summed E-state index contributed by atoms with van der Waals surface area (Å²) in [5, 5.41) is 2.38. The monoisotopic (exact) mass is 295 g/mol. The van der Waals surface area contributed by atoms with Crippen LogP contribution in [0.3, 0.4) is 0 Å². The number of anilines is 1. The van der Waals surface area contributed by atoms with Crippen LogP contribution in [0.4, 0.5) is 18.9 Å². The van der Waals surface area contributed by atoms with Gasteiger partial charge in [0.25, 0.3) is 5.91 Å². The van der Waals surface area contributed by atoms with Gasteiger partial charge in [0.2, 0.25) is 0 Å². The van der Waals surface area contributed by atoms with Crippen LogP contribution < -0.4 is 5.32 Å². The first-order valence-electron chi connectivity index (χ1n) is 6.05. The van der Waals surface area contributed by atoms with Crippen molar-refractivity contribution >= 4 is 11.6 Å². The number of carbonyl (C=O) groups excluding carboxylic acids is 1. The fourth-order valence-electron chi connectivity index (χ4n) is 1.71. The highest BCUT2D eigenvalue weighted by Gasteiger charge is 2.32. The first kappa shape index (κ1) is 15.0. The Balaban J connectivity index is 2.24. The van der Waals surface area contributed by atoms with Gasteiger partial charge in [-0.25, -0.2) is 4.98 Å². The zero-order valence-electron chi connectivity index (χ0n) is 11.3. The van der Waals surface area contributed by atoms with Crippen LogP contribution in [0, 0.1) is 13.8 Å². The summed E-state index contributed by atoms with van der Waals surface area (Å²) in [5.74, 6) is -0.612. The first-order chi connectivity index (χ1) is 9.77. The van der Waals surface area contributed by atoms with Gasteiger partial charge in [-0.2, -0.15) is 13.2 Å². The van der Waals surface area contributed by atoms with E-state index in [9.17, 15) is 18.0 Å². The Morgan fingerprint density at radius 3 is 2.43 bits per heavy atom. The van der Waals surface area contributed by atoms with Crippen molar-refractivity contribution in [3.05, 3.63) is 53.1 Å². The molecular weight excluding hydrogens is 283 g/mol. The zero-order chi connectivity index (χ0) is 15.6. The molecule has 0 saturated carbocycles. The molecule has 0 bridgehead atoms. The van der Waals surface area contributed by atoms with Crippen molar-refractivity contribution in [2.24, 2.45) is 0 Å². The number of hydrogen-bond acceptors (Lipinski definition) is 3. The van der Waals surface area contributed by atoms with E-state index in [2.05, 4.69) is 15.3 Å². The summed E-state index contributed by atoms with van der Waals surface area (Å²) in [4.78, 5) is 19.7. The molecule has 0 aliphatic carbocycles. The molecule has 1 aromatic heterocycles. The fraction of sp³-hybridized carbons (Fsp3) is 0.214. The molecule has 1 aromatic carbocycles. The lowest BCUT2D eigenvalue weighted by Gasteiger charge is -2.12. The summed E-state index contributed by atoms with van der Waals surface area (Å²) < 4.78 is 38.4. The van der Waals surface area contributed by atoms with Crippen molar-refractivity contribution in [1.29, 1.82) is 0 Å². The standard InChI is InChI=1S/C14H12F3N3O/c1-8-3-4-10(5-11(8)14(15,16)17)20-13(21)12-7-18-9(2)6-19-12/h3-7H,1-2H3,(H,20,21). The van der Waals surface area contributed by atoms with Gasteiger partial charge in [-0.3, -0.25) is 9.78 Å². The molecule has 1 N–H and O–H groups in total. The molecular formula is C14H12F3N3O. The summed E-state index contributed by atoms with van der Waals surface area (Å²) in [7, 11) is 0. The van der Waals surface area contributed by atoms with Crippen molar-refractivity contribution in [2.75, 3.05) is 5.32 Å². The van der Waals surface area contributed by atoms with E-state index in [1.165, 1.54) is 31.5 Å². The number of alkyl halides is 3. The number of rotatable bonds is 2. The predicted molar refractivity (Wildman–Crippen MR) is 70.9 cm³/mol. The van der Waals surface area contributed by atoms with Crippen LogP contribution in [0.25, 0.3) is 0 Å². The smallest absolute Gasteiger partial charge is 0.321 e. The molecule has 0 unspecified atom stereocenters. The van der Waals surface area contributed by atoms with Crippen molar-refractivity contribution in [3.63, 3.8) is 0 Å². The number of hydrogen-bond donors (Lipinski definition) is 1. The average molecular weight is 295 g/mol. The molecule has 0 atom stereocenters. The summed E-state index contributed by atoms with van der Waals surface area (Å²) >= 11 is 0. The van der Waals surface area contributed by atoms with Crippen LogP contribution in [-0.4, -0.2) is 15.9 Å². The largest absolute Gasteiger partial charge is 0.416 e. The highest BCUT2D eigenvalue weighted by Crippen LogP contribution is 2.33. The summed E-state index contributed by atoms with van der Waals surface area (Å²) in [5.41, 5.74) is 0.0437. The quantitative estimate of drug-likeness (QED) is 0.924. The Kier molecular flexibility index (Phi) is 3.93. The van der Waals surface area contributed by atoms with Gasteiger partial charge in [0.15, 0.2) is 0 Å². The maximum atomic E-state index is 12.8. The molecule has 110 valence electrons. The topological polar surface area (TPSA) is 54.9 Å². The molecule has 0 aliphatic heterocycles. The van der Waals surface area contributed by atoms with Crippen LogP contribution in [0.1, 0.15) is 27.3 Å². The number of carbonyl (C=O) groups is 1. The van der Waals surface area contributed by atoms with E-state index in [1.54, 1.807) is 6.92 Å². The maximum Gasteiger partial charge on any atom is 0.416 e. The molecule has 4 nitrogen and oxygen atoms in total. The van der Waals surface area contributed by atoms with E-state index in [0.29, 0.717) is 5.69 Å². The third-order valence-electron chi connectivity index (χ3n) is 2.81. The highest BCUT2D eigenvalue weighted by atomic mass is 19.4. The van der Waals surface area contributed by atoms with Gasteiger partial charge in [-0.05, 0) is 31.5 Å². The third-order valence-corrected chi connectivity index (χ3v) is 2.81. The molecule has 2 aromatic rings. The molecule has 0 aliphatic rings. The van der Waals surface area contributed by atoms with Crippen LogP contribution in [0.2, 0.25) is 0 Å². The Morgan fingerprint density at radius 1 is 1.14 bits per heavy atom. The lowest BCUT2D eigenvalue weighted by atomic mass is 10.1. The van der Waals surface area contributed by atoms with Crippen LogP contribution in [0.15, 0.2) is 30.6 Å². The van der Waals surface area contributed by atoms with Gasteiger partial charge in [-0.1, -0.05) is 6.07 Å². The molecule has 2 rings (SSSR count). The number of nitrogens with one attached hydrogen (secondary N) is 1. The van der Waals surface area contributed by atoms with E-state index >= 15 is 0 Å². The van der Waals surface area contributed by atoms with Gasteiger partial charge in [-0.15, -0.1) is 0 Å². The lowest BCUT2D eigenvalue weighted by Crippen LogP contribution is -2.15. The second-order valence-electron chi connectivity index (χ2n) is 4.52. The van der Waals surface area contributed by atoms with Crippen LogP contribution in [-0.2, 0) is 6.18 Å². The van der Waals surface area contributed by atoms with Gasteiger partial charge in [0.1, 0.15) is 5.69 Å². The maximum absolute atomic E-state index is 12.8. The van der Waals surface area contributed by atoms with Crippen LogP contribution in [0.5, 0.6) is 0 Å². The number of aromatic nitrogens is 2. The van der Waals surface area contributed by atoms with Gasteiger partial charge in [0, 0.05) is 11.9 Å². The number of halogens is 3. The Hall–Kier alpha value is -2.44. The number of nitrogens with zero attached hydrogens (tertiary/aromatic N) is 2. The van der Waals surface area contributed by atoms with Crippen LogP contribution >= 0.6 is 0 Å². The van der Waals surface area contributed by atoms with Gasteiger partial charge in [0.05, 0.1) is 17.5 Å². The van der Waals surface area contributed by atoms with Gasteiger partial charge >= 0.3 is 6.18 Å².